The summed E-state index contributed by atoms with van der Waals surface area (Å²) in [7, 11) is 0. The molecule has 1 amide bonds. The van der Waals surface area contributed by atoms with E-state index in [0.29, 0.717) is 0 Å². The maximum absolute atomic E-state index is 11.3. The molecule has 0 spiro atoms. The number of carbonyl (C=O) groups is 1. The zero-order chi connectivity index (χ0) is 16.9. The van der Waals surface area contributed by atoms with Crippen LogP contribution < -0.4 is 0 Å². The minimum atomic E-state index is 0.187. The summed E-state index contributed by atoms with van der Waals surface area (Å²) in [5.74, 6) is 0.187. The lowest BCUT2D eigenvalue weighted by atomic mass is 10.3. The summed E-state index contributed by atoms with van der Waals surface area (Å²) in [5.41, 5.74) is 2.13. The Hall–Kier alpha value is -1.73. The maximum Gasteiger partial charge on any atom is 0.219 e. The van der Waals surface area contributed by atoms with Crippen molar-refractivity contribution < 1.29 is 4.79 Å². The van der Waals surface area contributed by atoms with E-state index in [9.17, 15) is 4.79 Å². The van der Waals surface area contributed by atoms with Crippen LogP contribution in [0.15, 0.2) is 17.8 Å². The molecule has 0 saturated carbocycles. The summed E-state index contributed by atoms with van der Waals surface area (Å²) in [4.78, 5) is 20.3. The molecule has 0 atom stereocenters. The van der Waals surface area contributed by atoms with Crippen molar-refractivity contribution in [3.8, 4) is 11.3 Å². The fourth-order valence-electron chi connectivity index (χ4n) is 2.97. The highest BCUT2D eigenvalue weighted by Crippen LogP contribution is 2.21. The monoisotopic (exact) mass is 347 g/mol. The number of hydrogen-bond acceptors (Lipinski definition) is 5. The van der Waals surface area contributed by atoms with Gasteiger partial charge in [-0.1, -0.05) is 6.92 Å². The summed E-state index contributed by atoms with van der Waals surface area (Å²) < 4.78 is 2.01. The fourth-order valence-corrected chi connectivity index (χ4v) is 3.72. The normalized spacial score (nSPS) is 15.8. The molecule has 0 N–H and O–H groups in total. The summed E-state index contributed by atoms with van der Waals surface area (Å²) in [6.07, 6.45) is 6.04. The quantitative estimate of drug-likeness (QED) is 0.803. The molecule has 2 aromatic rings. The molecule has 0 aromatic carbocycles. The SMILES string of the molecule is CCc1nc(-c2cnn(CCCN3CCN(C(C)=O)CC3)c2)cs1. The molecule has 6 nitrogen and oxygen atoms in total. The molecular formula is C17H25N5OS. The van der Waals surface area contributed by atoms with Gasteiger partial charge in [-0.2, -0.15) is 5.10 Å². The van der Waals surface area contributed by atoms with Gasteiger partial charge in [0.2, 0.25) is 5.91 Å². The van der Waals surface area contributed by atoms with Gasteiger partial charge < -0.3 is 4.90 Å². The molecule has 0 unspecified atom stereocenters. The molecule has 130 valence electrons. The Morgan fingerprint density at radius 2 is 2.04 bits per heavy atom. The Balaban J connectivity index is 1.44. The highest BCUT2D eigenvalue weighted by atomic mass is 32.1. The average Bonchev–Trinajstić information content (AvgIpc) is 3.24. The molecule has 1 aliphatic rings. The summed E-state index contributed by atoms with van der Waals surface area (Å²) in [5, 5.41) is 7.73. The highest BCUT2D eigenvalue weighted by Gasteiger charge is 2.17. The van der Waals surface area contributed by atoms with E-state index >= 15 is 0 Å². The van der Waals surface area contributed by atoms with Crippen LogP contribution in [0.2, 0.25) is 0 Å². The lowest BCUT2D eigenvalue weighted by molar-refractivity contribution is -0.130. The highest BCUT2D eigenvalue weighted by molar-refractivity contribution is 7.09. The molecule has 7 heteroatoms. The predicted octanol–water partition coefficient (Wildman–Crippen LogP) is 2.12. The molecule has 3 rings (SSSR count). The third-order valence-electron chi connectivity index (χ3n) is 4.46. The maximum atomic E-state index is 11.3. The number of aryl methyl sites for hydroxylation is 2. The zero-order valence-electron chi connectivity index (χ0n) is 14.4. The summed E-state index contributed by atoms with van der Waals surface area (Å²) in [6, 6.07) is 0. The number of thiazole rings is 1. The van der Waals surface area contributed by atoms with E-state index in [-0.39, 0.29) is 5.91 Å². The van der Waals surface area contributed by atoms with Crippen LogP contribution >= 0.6 is 11.3 Å². The van der Waals surface area contributed by atoms with Crippen molar-refractivity contribution in [2.24, 2.45) is 0 Å². The third kappa shape index (κ3) is 4.21. The zero-order valence-corrected chi connectivity index (χ0v) is 15.3. The number of piperazine rings is 1. The summed E-state index contributed by atoms with van der Waals surface area (Å²) in [6.45, 7) is 9.40. The van der Waals surface area contributed by atoms with Gasteiger partial charge in [-0.3, -0.25) is 14.4 Å². The van der Waals surface area contributed by atoms with Crippen LogP contribution in [-0.4, -0.2) is 63.2 Å². The van der Waals surface area contributed by atoms with E-state index < -0.39 is 0 Å². The van der Waals surface area contributed by atoms with Gasteiger partial charge >= 0.3 is 0 Å². The molecular weight excluding hydrogens is 322 g/mol. The largest absolute Gasteiger partial charge is 0.340 e. The van der Waals surface area contributed by atoms with Gasteiger partial charge in [-0.25, -0.2) is 4.98 Å². The second-order valence-electron chi connectivity index (χ2n) is 6.17. The van der Waals surface area contributed by atoms with E-state index in [2.05, 4.69) is 33.5 Å². The van der Waals surface area contributed by atoms with E-state index in [1.807, 2.05) is 15.8 Å². The second-order valence-corrected chi connectivity index (χ2v) is 7.12. The molecule has 24 heavy (non-hydrogen) atoms. The van der Waals surface area contributed by atoms with Crippen LogP contribution in [0.25, 0.3) is 11.3 Å². The average molecular weight is 347 g/mol. The van der Waals surface area contributed by atoms with Crippen LogP contribution in [0.5, 0.6) is 0 Å². The van der Waals surface area contributed by atoms with Crippen molar-refractivity contribution in [2.45, 2.75) is 33.2 Å². The Kier molecular flexibility index (Phi) is 5.63. The second kappa shape index (κ2) is 7.90. The van der Waals surface area contributed by atoms with Gasteiger partial charge in [0.25, 0.3) is 0 Å². The van der Waals surface area contributed by atoms with Crippen molar-refractivity contribution in [2.75, 3.05) is 32.7 Å². The van der Waals surface area contributed by atoms with Crippen molar-refractivity contribution in [1.29, 1.82) is 0 Å². The number of carbonyl (C=O) groups excluding carboxylic acids is 1. The van der Waals surface area contributed by atoms with Gasteiger partial charge in [0.15, 0.2) is 0 Å². The van der Waals surface area contributed by atoms with Crippen molar-refractivity contribution in [3.63, 3.8) is 0 Å². The van der Waals surface area contributed by atoms with Crippen LogP contribution in [0, 0.1) is 0 Å². The Labute approximate surface area is 147 Å². The van der Waals surface area contributed by atoms with Crippen molar-refractivity contribution >= 4 is 17.2 Å². The minimum Gasteiger partial charge on any atom is -0.340 e. The van der Waals surface area contributed by atoms with Crippen LogP contribution in [0.3, 0.4) is 0 Å². The molecule has 2 aromatic heterocycles. The topological polar surface area (TPSA) is 54.3 Å². The number of hydrogen-bond donors (Lipinski definition) is 0. The summed E-state index contributed by atoms with van der Waals surface area (Å²) >= 11 is 1.71. The first kappa shape index (κ1) is 17.1. The molecule has 1 fully saturated rings. The van der Waals surface area contributed by atoms with E-state index in [1.54, 1.807) is 18.3 Å². The molecule has 1 aliphatic heterocycles. The van der Waals surface area contributed by atoms with Gasteiger partial charge in [0, 0.05) is 63.3 Å². The van der Waals surface area contributed by atoms with Gasteiger partial charge in [-0.05, 0) is 12.8 Å². The van der Waals surface area contributed by atoms with Gasteiger partial charge in [-0.15, -0.1) is 11.3 Å². The van der Waals surface area contributed by atoms with Gasteiger partial charge in [0.05, 0.1) is 16.9 Å². The van der Waals surface area contributed by atoms with E-state index in [1.165, 1.54) is 5.01 Å². The van der Waals surface area contributed by atoms with E-state index in [0.717, 1.165) is 63.4 Å². The van der Waals surface area contributed by atoms with E-state index in [4.69, 9.17) is 0 Å². The number of aromatic nitrogens is 3. The number of nitrogens with zero attached hydrogens (tertiary/aromatic N) is 5. The molecule has 1 saturated heterocycles. The van der Waals surface area contributed by atoms with Crippen LogP contribution in [-0.2, 0) is 17.8 Å². The lowest BCUT2D eigenvalue weighted by Gasteiger charge is -2.34. The number of rotatable bonds is 6. The predicted molar refractivity (Wildman–Crippen MR) is 96.0 cm³/mol. The Morgan fingerprint density at radius 3 is 2.71 bits per heavy atom. The fraction of sp³-hybridized carbons (Fsp3) is 0.588. The van der Waals surface area contributed by atoms with Crippen LogP contribution in [0.4, 0.5) is 0 Å². The lowest BCUT2D eigenvalue weighted by Crippen LogP contribution is -2.48. The first-order chi connectivity index (χ1) is 11.7. The smallest absolute Gasteiger partial charge is 0.219 e. The molecule has 0 aliphatic carbocycles. The van der Waals surface area contributed by atoms with Crippen molar-refractivity contribution in [3.05, 3.63) is 22.8 Å². The Bertz CT molecular complexity index is 672. The first-order valence-electron chi connectivity index (χ1n) is 8.61. The standard InChI is InChI=1S/C17H25N5OS/c1-3-17-19-16(13-24-17)15-11-18-22(12-15)6-4-5-20-7-9-21(10-8-20)14(2)23/h11-13H,3-10H2,1-2H3. The first-order valence-corrected chi connectivity index (χ1v) is 9.48. The third-order valence-corrected chi connectivity index (χ3v) is 5.46. The van der Waals surface area contributed by atoms with Crippen LogP contribution in [0.1, 0.15) is 25.3 Å². The molecule has 3 heterocycles. The van der Waals surface area contributed by atoms with Crippen molar-refractivity contribution in [1.82, 2.24) is 24.6 Å². The Morgan fingerprint density at radius 1 is 1.25 bits per heavy atom. The number of amides is 1. The minimum absolute atomic E-state index is 0.187. The molecule has 0 radical (unpaired) electrons. The van der Waals surface area contributed by atoms with Gasteiger partial charge in [0.1, 0.15) is 0 Å². The molecule has 0 bridgehead atoms.